The fourth-order valence-electron chi connectivity index (χ4n) is 2.44. The van der Waals surface area contributed by atoms with Crippen molar-refractivity contribution >= 4 is 29.3 Å². The quantitative estimate of drug-likeness (QED) is 0.780. The first-order valence-corrected chi connectivity index (χ1v) is 7.00. The topological polar surface area (TPSA) is 78.4 Å². The van der Waals surface area contributed by atoms with Crippen molar-refractivity contribution in [3.8, 4) is 0 Å². The Labute approximate surface area is 126 Å². The van der Waals surface area contributed by atoms with Gasteiger partial charge in [-0.1, -0.05) is 18.0 Å². The first-order valence-electron chi connectivity index (χ1n) is 6.62. The molecule has 0 saturated heterocycles. The molecule has 2 rings (SSSR count). The maximum Gasteiger partial charge on any atom is 0.319 e. The molecule has 1 aromatic carbocycles. The number of carbonyl (C=O) groups excluding carboxylic acids is 1. The highest BCUT2D eigenvalue weighted by atomic mass is 35.5. The number of carboxylic acid groups (broad SMARTS) is 1. The van der Waals surface area contributed by atoms with Crippen LogP contribution in [0.3, 0.4) is 0 Å². The number of anilines is 1. The van der Waals surface area contributed by atoms with Crippen molar-refractivity contribution in [2.45, 2.75) is 25.7 Å². The molecule has 1 aliphatic rings. The van der Waals surface area contributed by atoms with Gasteiger partial charge in [-0.15, -0.1) is 0 Å². The van der Waals surface area contributed by atoms with E-state index in [2.05, 4.69) is 10.6 Å². The molecule has 1 fully saturated rings. The van der Waals surface area contributed by atoms with Gasteiger partial charge in [-0.05, 0) is 36.5 Å². The van der Waals surface area contributed by atoms with Gasteiger partial charge in [0.1, 0.15) is 5.82 Å². The molecule has 2 amide bonds. The molecule has 1 aromatic rings. The van der Waals surface area contributed by atoms with Gasteiger partial charge in [0.2, 0.25) is 0 Å². The SMILES string of the molecule is O=C(O)CC1(CNC(=O)Nc2cc(F)ccc2Cl)CCC1. The Morgan fingerprint density at radius 1 is 1.38 bits per heavy atom. The lowest BCUT2D eigenvalue weighted by Gasteiger charge is -2.40. The van der Waals surface area contributed by atoms with Gasteiger partial charge in [0.15, 0.2) is 0 Å². The number of hydrogen-bond acceptors (Lipinski definition) is 2. The van der Waals surface area contributed by atoms with E-state index < -0.39 is 17.8 Å². The van der Waals surface area contributed by atoms with Crippen molar-refractivity contribution in [3.63, 3.8) is 0 Å². The van der Waals surface area contributed by atoms with Crippen molar-refractivity contribution in [2.24, 2.45) is 5.41 Å². The molecule has 0 aromatic heterocycles. The Balaban J connectivity index is 1.90. The van der Waals surface area contributed by atoms with Crippen LogP contribution in [0.2, 0.25) is 5.02 Å². The highest BCUT2D eigenvalue weighted by Crippen LogP contribution is 2.43. The number of benzene rings is 1. The van der Waals surface area contributed by atoms with Gasteiger partial charge >= 0.3 is 12.0 Å². The lowest BCUT2D eigenvalue weighted by atomic mass is 9.66. The molecule has 1 saturated carbocycles. The maximum atomic E-state index is 13.1. The summed E-state index contributed by atoms with van der Waals surface area (Å²) in [7, 11) is 0. The minimum atomic E-state index is -0.870. The third-order valence-corrected chi connectivity index (χ3v) is 4.07. The van der Waals surface area contributed by atoms with Crippen molar-refractivity contribution in [1.82, 2.24) is 5.32 Å². The van der Waals surface area contributed by atoms with E-state index in [1.807, 2.05) is 0 Å². The highest BCUT2D eigenvalue weighted by molar-refractivity contribution is 6.33. The van der Waals surface area contributed by atoms with Crippen LogP contribution in [0.4, 0.5) is 14.9 Å². The third-order valence-electron chi connectivity index (χ3n) is 3.74. The lowest BCUT2D eigenvalue weighted by Crippen LogP contribution is -2.44. The van der Waals surface area contributed by atoms with Crippen molar-refractivity contribution in [2.75, 3.05) is 11.9 Å². The first kappa shape index (κ1) is 15.6. The van der Waals surface area contributed by atoms with E-state index in [0.29, 0.717) is 0 Å². The second kappa shape index (κ2) is 6.30. The summed E-state index contributed by atoms with van der Waals surface area (Å²) in [6.45, 7) is 0.276. The summed E-state index contributed by atoms with van der Waals surface area (Å²) in [5.41, 5.74) is -0.190. The molecule has 5 nitrogen and oxygen atoms in total. The summed E-state index contributed by atoms with van der Waals surface area (Å²) in [6.07, 6.45) is 2.56. The monoisotopic (exact) mass is 314 g/mol. The molecule has 7 heteroatoms. The summed E-state index contributed by atoms with van der Waals surface area (Å²) in [4.78, 5) is 22.6. The van der Waals surface area contributed by atoms with Crippen LogP contribution in [-0.4, -0.2) is 23.7 Å². The molecule has 0 aliphatic heterocycles. The smallest absolute Gasteiger partial charge is 0.319 e. The predicted octanol–water partition coefficient (Wildman–Crippen LogP) is 3.25. The molecule has 0 atom stereocenters. The Hall–Kier alpha value is -1.82. The number of urea groups is 1. The number of carboxylic acids is 1. The van der Waals surface area contributed by atoms with Crippen LogP contribution >= 0.6 is 11.6 Å². The average Bonchev–Trinajstić information content (AvgIpc) is 2.36. The lowest BCUT2D eigenvalue weighted by molar-refractivity contribution is -0.141. The summed E-state index contributed by atoms with van der Waals surface area (Å²) in [5, 5.41) is 14.2. The van der Waals surface area contributed by atoms with E-state index in [1.165, 1.54) is 12.1 Å². The second-order valence-electron chi connectivity index (χ2n) is 5.36. The van der Waals surface area contributed by atoms with Gasteiger partial charge in [-0.2, -0.15) is 0 Å². The standard InChI is InChI=1S/C14H16ClFN2O3/c15-10-3-2-9(16)6-11(10)18-13(21)17-8-14(4-1-5-14)7-12(19)20/h2-3,6H,1,4-5,7-8H2,(H,19,20)(H2,17,18,21). The zero-order chi connectivity index (χ0) is 15.5. The van der Waals surface area contributed by atoms with Crippen molar-refractivity contribution in [3.05, 3.63) is 29.0 Å². The Kier molecular flexibility index (Phi) is 4.67. The van der Waals surface area contributed by atoms with E-state index in [1.54, 1.807) is 0 Å². The van der Waals surface area contributed by atoms with Gasteiger partial charge in [-0.3, -0.25) is 4.79 Å². The van der Waals surface area contributed by atoms with Gasteiger partial charge in [0.25, 0.3) is 0 Å². The largest absolute Gasteiger partial charge is 0.481 e. The van der Waals surface area contributed by atoms with Crippen LogP contribution in [-0.2, 0) is 4.79 Å². The van der Waals surface area contributed by atoms with Crippen LogP contribution in [0.5, 0.6) is 0 Å². The summed E-state index contributed by atoms with van der Waals surface area (Å²) in [6, 6.07) is 3.14. The van der Waals surface area contributed by atoms with E-state index in [4.69, 9.17) is 16.7 Å². The van der Waals surface area contributed by atoms with Crippen molar-refractivity contribution < 1.29 is 19.1 Å². The van der Waals surface area contributed by atoms with Crippen LogP contribution in [0.15, 0.2) is 18.2 Å². The summed E-state index contributed by atoms with van der Waals surface area (Å²) in [5.74, 6) is -1.37. The molecule has 1 aliphatic carbocycles. The van der Waals surface area contributed by atoms with E-state index in [-0.39, 0.29) is 29.1 Å². The van der Waals surface area contributed by atoms with Gasteiger partial charge in [-0.25, -0.2) is 9.18 Å². The minimum Gasteiger partial charge on any atom is -0.481 e. The molecule has 0 spiro atoms. The first-order chi connectivity index (χ1) is 9.90. The van der Waals surface area contributed by atoms with Gasteiger partial charge < -0.3 is 15.7 Å². The zero-order valence-electron chi connectivity index (χ0n) is 11.3. The zero-order valence-corrected chi connectivity index (χ0v) is 12.0. The minimum absolute atomic E-state index is 0.0357. The molecule has 0 unspecified atom stereocenters. The van der Waals surface area contributed by atoms with Gasteiger partial charge in [0.05, 0.1) is 17.1 Å². The normalized spacial score (nSPS) is 15.9. The fraction of sp³-hybridized carbons (Fsp3) is 0.429. The highest BCUT2D eigenvalue weighted by Gasteiger charge is 2.39. The average molecular weight is 315 g/mol. The molecule has 21 heavy (non-hydrogen) atoms. The number of halogens is 2. The summed E-state index contributed by atoms with van der Waals surface area (Å²) >= 11 is 5.85. The van der Waals surface area contributed by atoms with Crippen LogP contribution < -0.4 is 10.6 Å². The Morgan fingerprint density at radius 3 is 2.67 bits per heavy atom. The third kappa shape index (κ3) is 4.07. The van der Waals surface area contributed by atoms with E-state index in [9.17, 15) is 14.0 Å². The van der Waals surface area contributed by atoms with E-state index in [0.717, 1.165) is 25.3 Å². The number of amides is 2. The van der Waals surface area contributed by atoms with Gasteiger partial charge in [0, 0.05) is 6.54 Å². The summed E-state index contributed by atoms with van der Waals surface area (Å²) < 4.78 is 13.1. The molecular formula is C14H16ClFN2O3. The maximum absolute atomic E-state index is 13.1. The second-order valence-corrected chi connectivity index (χ2v) is 5.76. The fourth-order valence-corrected chi connectivity index (χ4v) is 2.61. The predicted molar refractivity (Wildman–Crippen MR) is 77.0 cm³/mol. The molecule has 114 valence electrons. The van der Waals surface area contributed by atoms with E-state index >= 15 is 0 Å². The van der Waals surface area contributed by atoms with Crippen LogP contribution in [0.25, 0.3) is 0 Å². The Morgan fingerprint density at radius 2 is 2.10 bits per heavy atom. The number of rotatable bonds is 5. The number of hydrogen-bond donors (Lipinski definition) is 3. The molecular weight excluding hydrogens is 299 g/mol. The molecule has 0 bridgehead atoms. The molecule has 0 heterocycles. The van der Waals surface area contributed by atoms with Crippen molar-refractivity contribution in [1.29, 1.82) is 0 Å². The number of nitrogens with one attached hydrogen (secondary N) is 2. The van der Waals surface area contributed by atoms with Crippen LogP contribution in [0.1, 0.15) is 25.7 Å². The van der Waals surface area contributed by atoms with Crippen LogP contribution in [0, 0.1) is 11.2 Å². The Bertz CT molecular complexity index is 561. The number of aliphatic carboxylic acids is 1. The molecule has 3 N–H and O–H groups in total. The number of carbonyl (C=O) groups is 2. The molecule has 0 radical (unpaired) electrons.